The van der Waals surface area contributed by atoms with Crippen molar-refractivity contribution in [3.05, 3.63) is 29.1 Å². The number of aliphatic hydroxyl groups excluding tert-OH is 1. The molecule has 1 aromatic heterocycles. The van der Waals surface area contributed by atoms with Gasteiger partial charge in [-0.1, -0.05) is 0 Å². The van der Waals surface area contributed by atoms with Crippen molar-refractivity contribution >= 4 is 0 Å². The third kappa shape index (κ3) is 1.58. The van der Waals surface area contributed by atoms with E-state index in [0.29, 0.717) is 11.1 Å². The summed E-state index contributed by atoms with van der Waals surface area (Å²) in [6.07, 6.45) is -1.29. The molecule has 4 heteroatoms. The number of aromatic nitrogens is 1. The number of nitrogens with zero attached hydrogens (tertiary/aromatic N) is 1. The summed E-state index contributed by atoms with van der Waals surface area (Å²) in [6.45, 7) is 1.30. The van der Waals surface area contributed by atoms with E-state index in [9.17, 15) is 8.78 Å². The quantitative estimate of drug-likeness (QED) is 0.739. The van der Waals surface area contributed by atoms with Gasteiger partial charge >= 0.3 is 0 Å². The maximum Gasteiger partial charge on any atom is 0.280 e. The zero-order valence-electron chi connectivity index (χ0n) is 6.59. The summed E-state index contributed by atoms with van der Waals surface area (Å²) in [4.78, 5) is 3.53. The van der Waals surface area contributed by atoms with E-state index in [-0.39, 0.29) is 12.3 Å². The van der Waals surface area contributed by atoms with Crippen LogP contribution in [-0.4, -0.2) is 10.1 Å². The third-order valence-electron chi connectivity index (χ3n) is 1.73. The zero-order valence-corrected chi connectivity index (χ0v) is 6.59. The van der Waals surface area contributed by atoms with Crippen LogP contribution in [-0.2, 0) is 6.61 Å². The first-order valence-corrected chi connectivity index (χ1v) is 3.50. The second kappa shape index (κ2) is 3.58. The Morgan fingerprint density at radius 1 is 1.58 bits per heavy atom. The Morgan fingerprint density at radius 2 is 2.25 bits per heavy atom. The lowest BCUT2D eigenvalue weighted by Crippen LogP contribution is -1.98. The van der Waals surface area contributed by atoms with E-state index in [4.69, 9.17) is 5.11 Å². The number of hydrogen-bond donors (Lipinski definition) is 1. The molecule has 1 aromatic rings. The first-order valence-electron chi connectivity index (χ1n) is 3.50. The number of hydrogen-bond acceptors (Lipinski definition) is 2. The van der Waals surface area contributed by atoms with Gasteiger partial charge in [0.05, 0.1) is 6.61 Å². The minimum Gasteiger partial charge on any atom is -0.392 e. The van der Waals surface area contributed by atoms with Gasteiger partial charge in [0.25, 0.3) is 6.43 Å². The van der Waals surface area contributed by atoms with Crippen LogP contribution in [0, 0.1) is 6.92 Å². The fourth-order valence-electron chi connectivity index (χ4n) is 0.985. The average Bonchev–Trinajstić information content (AvgIpc) is 2.04. The highest BCUT2D eigenvalue weighted by Gasteiger charge is 2.13. The summed E-state index contributed by atoms with van der Waals surface area (Å²) in [5.74, 6) is 0. The van der Waals surface area contributed by atoms with E-state index in [2.05, 4.69) is 4.98 Å². The molecule has 0 aromatic carbocycles. The summed E-state index contributed by atoms with van der Waals surface area (Å²) in [5.41, 5.74) is 0.622. The number of aliphatic hydroxyl groups is 1. The van der Waals surface area contributed by atoms with Crippen molar-refractivity contribution < 1.29 is 13.9 Å². The number of halogens is 2. The normalized spacial score (nSPS) is 10.8. The topological polar surface area (TPSA) is 33.1 Å². The molecule has 0 bridgehead atoms. The molecule has 0 atom stereocenters. The SMILES string of the molecule is Cc1c(CO)ccnc1C(F)F. The van der Waals surface area contributed by atoms with Gasteiger partial charge in [-0.2, -0.15) is 0 Å². The molecule has 0 aliphatic heterocycles. The van der Waals surface area contributed by atoms with Crippen LogP contribution in [0.3, 0.4) is 0 Å². The first-order chi connectivity index (χ1) is 5.66. The average molecular weight is 173 g/mol. The van der Waals surface area contributed by atoms with Gasteiger partial charge in [0.15, 0.2) is 0 Å². The molecule has 1 rings (SSSR count). The number of rotatable bonds is 2. The summed E-state index contributed by atoms with van der Waals surface area (Å²) < 4.78 is 24.4. The standard InChI is InChI=1S/C8H9F2NO/c1-5-6(4-12)2-3-11-7(5)8(9)10/h2-3,8,12H,4H2,1H3. The molecule has 0 aliphatic rings. The molecule has 0 unspecified atom stereocenters. The largest absolute Gasteiger partial charge is 0.392 e. The van der Waals surface area contributed by atoms with Crippen molar-refractivity contribution in [1.82, 2.24) is 4.98 Å². The van der Waals surface area contributed by atoms with E-state index < -0.39 is 6.43 Å². The Hall–Kier alpha value is -1.03. The van der Waals surface area contributed by atoms with Crippen molar-refractivity contribution in [3.63, 3.8) is 0 Å². The van der Waals surface area contributed by atoms with Crippen LogP contribution in [0.2, 0.25) is 0 Å². The molecule has 0 fully saturated rings. The van der Waals surface area contributed by atoms with Gasteiger partial charge in [0.1, 0.15) is 5.69 Å². The molecule has 0 spiro atoms. The fourth-order valence-corrected chi connectivity index (χ4v) is 0.985. The molecule has 0 aliphatic carbocycles. The lowest BCUT2D eigenvalue weighted by atomic mass is 10.1. The Labute approximate surface area is 68.9 Å². The van der Waals surface area contributed by atoms with Gasteiger partial charge in [-0.15, -0.1) is 0 Å². The Balaban J connectivity index is 3.14. The molecule has 12 heavy (non-hydrogen) atoms. The summed E-state index contributed by atoms with van der Waals surface area (Å²) >= 11 is 0. The van der Waals surface area contributed by atoms with Crippen molar-refractivity contribution in [1.29, 1.82) is 0 Å². The first kappa shape index (κ1) is 9.06. The Bertz CT molecular complexity index is 276. The Morgan fingerprint density at radius 3 is 2.75 bits per heavy atom. The zero-order chi connectivity index (χ0) is 9.14. The summed E-state index contributed by atoms with van der Waals surface area (Å²) in [7, 11) is 0. The highest BCUT2D eigenvalue weighted by Crippen LogP contribution is 2.21. The minimum atomic E-state index is -2.57. The molecule has 2 nitrogen and oxygen atoms in total. The van der Waals surface area contributed by atoms with Crippen molar-refractivity contribution in [2.45, 2.75) is 20.0 Å². The monoisotopic (exact) mass is 173 g/mol. The lowest BCUT2D eigenvalue weighted by Gasteiger charge is -2.06. The van der Waals surface area contributed by atoms with Gasteiger partial charge < -0.3 is 5.11 Å². The summed E-state index contributed by atoms with van der Waals surface area (Å²) in [5, 5.41) is 8.75. The van der Waals surface area contributed by atoms with E-state index >= 15 is 0 Å². The van der Waals surface area contributed by atoms with E-state index in [1.165, 1.54) is 19.2 Å². The second-order valence-electron chi connectivity index (χ2n) is 2.44. The van der Waals surface area contributed by atoms with Crippen LogP contribution in [0.4, 0.5) is 8.78 Å². The predicted molar refractivity (Wildman–Crippen MR) is 39.9 cm³/mol. The maximum atomic E-state index is 12.2. The van der Waals surface area contributed by atoms with Crippen LogP contribution in [0.5, 0.6) is 0 Å². The molecular formula is C8H9F2NO. The predicted octanol–water partition coefficient (Wildman–Crippen LogP) is 1.82. The van der Waals surface area contributed by atoms with Crippen molar-refractivity contribution in [2.24, 2.45) is 0 Å². The van der Waals surface area contributed by atoms with Crippen molar-refractivity contribution in [3.8, 4) is 0 Å². The molecular weight excluding hydrogens is 164 g/mol. The highest BCUT2D eigenvalue weighted by atomic mass is 19.3. The van der Waals surface area contributed by atoms with Crippen molar-refractivity contribution in [2.75, 3.05) is 0 Å². The fraction of sp³-hybridized carbons (Fsp3) is 0.375. The minimum absolute atomic E-state index is 0.228. The number of alkyl halides is 2. The van der Waals surface area contributed by atoms with Crippen LogP contribution in [0.1, 0.15) is 23.2 Å². The number of pyridine rings is 1. The summed E-state index contributed by atoms with van der Waals surface area (Å²) in [6, 6.07) is 1.53. The van der Waals surface area contributed by atoms with Crippen LogP contribution in [0.15, 0.2) is 12.3 Å². The Kier molecular flexibility index (Phi) is 2.70. The van der Waals surface area contributed by atoms with Gasteiger partial charge in [0.2, 0.25) is 0 Å². The molecule has 0 saturated heterocycles. The van der Waals surface area contributed by atoms with Gasteiger partial charge in [-0.05, 0) is 24.1 Å². The third-order valence-corrected chi connectivity index (χ3v) is 1.73. The maximum absolute atomic E-state index is 12.2. The van der Waals surface area contributed by atoms with Gasteiger partial charge in [-0.3, -0.25) is 4.98 Å². The molecule has 0 radical (unpaired) electrons. The molecule has 1 N–H and O–H groups in total. The van der Waals surface area contributed by atoms with E-state index in [1.807, 2.05) is 0 Å². The van der Waals surface area contributed by atoms with E-state index in [0.717, 1.165) is 0 Å². The van der Waals surface area contributed by atoms with Gasteiger partial charge in [-0.25, -0.2) is 8.78 Å². The van der Waals surface area contributed by atoms with Crippen LogP contribution < -0.4 is 0 Å². The lowest BCUT2D eigenvalue weighted by molar-refractivity contribution is 0.144. The second-order valence-corrected chi connectivity index (χ2v) is 2.44. The van der Waals surface area contributed by atoms with Crippen LogP contribution >= 0.6 is 0 Å². The molecule has 0 saturated carbocycles. The van der Waals surface area contributed by atoms with E-state index in [1.54, 1.807) is 0 Å². The van der Waals surface area contributed by atoms with Gasteiger partial charge in [0, 0.05) is 6.20 Å². The molecule has 66 valence electrons. The van der Waals surface area contributed by atoms with Crippen LogP contribution in [0.25, 0.3) is 0 Å². The highest BCUT2D eigenvalue weighted by molar-refractivity contribution is 5.28. The molecule has 0 amide bonds. The smallest absolute Gasteiger partial charge is 0.280 e. The molecule has 1 heterocycles.